The first-order valence-corrected chi connectivity index (χ1v) is 7.58. The topological polar surface area (TPSA) is 51.2 Å². The molecule has 0 aliphatic heterocycles. The standard InChI is InChI=1S/C15H15IN2O2/c1-9(2)15-18-12-7-10(3-5-13(12)20-15)17-8-11-4-6-14(16)19-11/h3-7,9,17H,8H2,1-2H3. The molecule has 0 saturated heterocycles. The van der Waals surface area contributed by atoms with Crippen molar-refractivity contribution in [3.05, 3.63) is 45.7 Å². The van der Waals surface area contributed by atoms with E-state index >= 15 is 0 Å². The Morgan fingerprint density at radius 3 is 2.75 bits per heavy atom. The van der Waals surface area contributed by atoms with E-state index < -0.39 is 0 Å². The van der Waals surface area contributed by atoms with Crippen molar-refractivity contribution >= 4 is 39.4 Å². The molecule has 5 heteroatoms. The number of halogens is 1. The molecule has 0 radical (unpaired) electrons. The zero-order valence-corrected chi connectivity index (χ0v) is 13.5. The number of furan rings is 1. The summed E-state index contributed by atoms with van der Waals surface area (Å²) in [6, 6.07) is 9.86. The van der Waals surface area contributed by atoms with Gasteiger partial charge in [-0.25, -0.2) is 4.98 Å². The first-order chi connectivity index (χ1) is 9.61. The highest BCUT2D eigenvalue weighted by Gasteiger charge is 2.09. The second-order valence-corrected chi connectivity index (χ2v) is 6.01. The van der Waals surface area contributed by atoms with E-state index in [9.17, 15) is 0 Å². The predicted octanol–water partition coefficient (Wildman–Crippen LogP) is 4.76. The maximum atomic E-state index is 5.69. The average molecular weight is 382 g/mol. The maximum Gasteiger partial charge on any atom is 0.198 e. The fourth-order valence-electron chi connectivity index (χ4n) is 1.94. The van der Waals surface area contributed by atoms with Gasteiger partial charge in [0.1, 0.15) is 11.3 Å². The summed E-state index contributed by atoms with van der Waals surface area (Å²) in [5.41, 5.74) is 2.71. The zero-order valence-electron chi connectivity index (χ0n) is 11.3. The van der Waals surface area contributed by atoms with Crippen LogP contribution in [0.3, 0.4) is 0 Å². The van der Waals surface area contributed by atoms with Crippen molar-refractivity contribution in [2.24, 2.45) is 0 Å². The van der Waals surface area contributed by atoms with E-state index in [1.165, 1.54) is 0 Å². The molecule has 1 aromatic carbocycles. The van der Waals surface area contributed by atoms with Gasteiger partial charge in [0.25, 0.3) is 0 Å². The summed E-state index contributed by atoms with van der Waals surface area (Å²) in [6.45, 7) is 4.80. The Kier molecular flexibility index (Phi) is 3.69. The third-order valence-corrected chi connectivity index (χ3v) is 3.57. The highest BCUT2D eigenvalue weighted by molar-refractivity contribution is 14.1. The van der Waals surface area contributed by atoms with Gasteiger partial charge in [-0.3, -0.25) is 0 Å². The minimum Gasteiger partial charge on any atom is -0.454 e. The molecule has 0 bridgehead atoms. The molecule has 0 aliphatic rings. The molecule has 20 heavy (non-hydrogen) atoms. The Bertz CT molecular complexity index is 730. The van der Waals surface area contributed by atoms with E-state index in [4.69, 9.17) is 8.83 Å². The van der Waals surface area contributed by atoms with Gasteiger partial charge in [-0.2, -0.15) is 0 Å². The van der Waals surface area contributed by atoms with E-state index in [0.717, 1.165) is 32.2 Å². The molecular formula is C15H15IN2O2. The molecule has 0 saturated carbocycles. The van der Waals surface area contributed by atoms with Crippen LogP contribution in [0.5, 0.6) is 0 Å². The lowest BCUT2D eigenvalue weighted by atomic mass is 10.2. The minimum absolute atomic E-state index is 0.295. The number of nitrogens with one attached hydrogen (secondary N) is 1. The fraction of sp³-hybridized carbons (Fsp3) is 0.267. The van der Waals surface area contributed by atoms with Crippen molar-refractivity contribution in [1.82, 2.24) is 4.98 Å². The Hall–Kier alpha value is -1.50. The summed E-state index contributed by atoms with van der Waals surface area (Å²) in [7, 11) is 0. The molecule has 3 aromatic rings. The summed E-state index contributed by atoms with van der Waals surface area (Å²) in [4.78, 5) is 4.50. The van der Waals surface area contributed by atoms with Gasteiger partial charge in [0.05, 0.1) is 6.54 Å². The molecule has 2 heterocycles. The monoisotopic (exact) mass is 382 g/mol. The van der Waals surface area contributed by atoms with Gasteiger partial charge in [-0.05, 0) is 52.9 Å². The Balaban J connectivity index is 1.78. The summed E-state index contributed by atoms with van der Waals surface area (Å²) < 4.78 is 12.1. The second kappa shape index (κ2) is 5.47. The predicted molar refractivity (Wildman–Crippen MR) is 86.8 cm³/mol. The van der Waals surface area contributed by atoms with E-state index in [0.29, 0.717) is 12.5 Å². The van der Waals surface area contributed by atoms with E-state index in [-0.39, 0.29) is 0 Å². The van der Waals surface area contributed by atoms with Crippen LogP contribution in [0.15, 0.2) is 39.2 Å². The minimum atomic E-state index is 0.295. The van der Waals surface area contributed by atoms with Crippen LogP contribution in [0.25, 0.3) is 11.1 Å². The number of oxazole rings is 1. The Morgan fingerprint density at radius 2 is 2.05 bits per heavy atom. The molecule has 0 amide bonds. The first kappa shape index (κ1) is 13.5. The van der Waals surface area contributed by atoms with Gasteiger partial charge in [0, 0.05) is 11.6 Å². The Labute approximate surface area is 130 Å². The molecule has 3 rings (SSSR count). The van der Waals surface area contributed by atoms with Gasteiger partial charge < -0.3 is 14.2 Å². The van der Waals surface area contributed by atoms with Crippen LogP contribution < -0.4 is 5.32 Å². The molecule has 2 aromatic heterocycles. The molecule has 0 unspecified atom stereocenters. The molecule has 1 N–H and O–H groups in total. The zero-order chi connectivity index (χ0) is 14.1. The molecule has 104 valence electrons. The number of benzene rings is 1. The lowest BCUT2D eigenvalue weighted by Gasteiger charge is -2.03. The molecule has 0 spiro atoms. The van der Waals surface area contributed by atoms with Crippen LogP contribution in [-0.4, -0.2) is 4.98 Å². The number of hydrogen-bond acceptors (Lipinski definition) is 4. The second-order valence-electron chi connectivity index (χ2n) is 4.95. The summed E-state index contributed by atoms with van der Waals surface area (Å²) >= 11 is 2.16. The number of nitrogens with zero attached hydrogens (tertiary/aromatic N) is 1. The van der Waals surface area contributed by atoms with Crippen LogP contribution in [0.2, 0.25) is 0 Å². The SMILES string of the molecule is CC(C)c1nc2cc(NCc3ccc(I)o3)ccc2o1. The number of hydrogen-bond donors (Lipinski definition) is 1. The smallest absolute Gasteiger partial charge is 0.198 e. The van der Waals surface area contributed by atoms with E-state index in [1.54, 1.807) is 0 Å². The lowest BCUT2D eigenvalue weighted by Crippen LogP contribution is -1.97. The van der Waals surface area contributed by atoms with Crippen LogP contribution in [0.1, 0.15) is 31.4 Å². The number of rotatable bonds is 4. The van der Waals surface area contributed by atoms with Crippen molar-refractivity contribution in [1.29, 1.82) is 0 Å². The summed E-state index contributed by atoms with van der Waals surface area (Å²) in [5, 5.41) is 3.33. The average Bonchev–Trinajstić information content (AvgIpc) is 3.01. The highest BCUT2D eigenvalue weighted by Crippen LogP contribution is 2.24. The lowest BCUT2D eigenvalue weighted by molar-refractivity contribution is 0.493. The first-order valence-electron chi connectivity index (χ1n) is 6.50. The van der Waals surface area contributed by atoms with Crippen molar-refractivity contribution in [3.8, 4) is 0 Å². The highest BCUT2D eigenvalue weighted by atomic mass is 127. The fourth-order valence-corrected chi connectivity index (χ4v) is 2.40. The van der Waals surface area contributed by atoms with Crippen LogP contribution in [0.4, 0.5) is 5.69 Å². The number of fused-ring (bicyclic) bond motifs is 1. The maximum absolute atomic E-state index is 5.69. The third kappa shape index (κ3) is 2.82. The quantitative estimate of drug-likeness (QED) is 0.661. The molecule has 4 nitrogen and oxygen atoms in total. The van der Waals surface area contributed by atoms with Gasteiger partial charge in [0.15, 0.2) is 15.2 Å². The van der Waals surface area contributed by atoms with Crippen LogP contribution >= 0.6 is 22.6 Å². The third-order valence-electron chi connectivity index (χ3n) is 2.99. The summed E-state index contributed by atoms with van der Waals surface area (Å²) in [5.74, 6) is 1.99. The largest absolute Gasteiger partial charge is 0.454 e. The van der Waals surface area contributed by atoms with Crippen molar-refractivity contribution < 1.29 is 8.83 Å². The number of aromatic nitrogens is 1. The van der Waals surface area contributed by atoms with Crippen molar-refractivity contribution in [2.75, 3.05) is 5.32 Å². The van der Waals surface area contributed by atoms with Crippen molar-refractivity contribution in [2.45, 2.75) is 26.3 Å². The van der Waals surface area contributed by atoms with Gasteiger partial charge in [-0.15, -0.1) is 0 Å². The Morgan fingerprint density at radius 1 is 1.20 bits per heavy atom. The van der Waals surface area contributed by atoms with Gasteiger partial charge >= 0.3 is 0 Å². The van der Waals surface area contributed by atoms with Crippen LogP contribution in [0, 0.1) is 3.77 Å². The molecule has 0 aliphatic carbocycles. The number of anilines is 1. The molecule has 0 fully saturated rings. The van der Waals surface area contributed by atoms with E-state index in [2.05, 4.69) is 46.7 Å². The molecular weight excluding hydrogens is 367 g/mol. The van der Waals surface area contributed by atoms with Crippen molar-refractivity contribution in [3.63, 3.8) is 0 Å². The van der Waals surface area contributed by atoms with Gasteiger partial charge in [0.2, 0.25) is 0 Å². The van der Waals surface area contributed by atoms with E-state index in [1.807, 2.05) is 30.3 Å². The van der Waals surface area contributed by atoms with Gasteiger partial charge in [-0.1, -0.05) is 13.8 Å². The normalized spacial score (nSPS) is 11.4. The molecule has 0 atom stereocenters. The summed E-state index contributed by atoms with van der Waals surface area (Å²) in [6.07, 6.45) is 0. The van der Waals surface area contributed by atoms with Crippen LogP contribution in [-0.2, 0) is 6.54 Å².